The van der Waals surface area contributed by atoms with Gasteiger partial charge in [-0.3, -0.25) is 4.79 Å². The lowest BCUT2D eigenvalue weighted by atomic mass is 9.32. The maximum Gasteiger partial charge on any atom is 0.309 e. The lowest BCUT2D eigenvalue weighted by Crippen LogP contribution is -2.65. The van der Waals surface area contributed by atoms with Gasteiger partial charge in [0.05, 0.1) is 5.41 Å². The Morgan fingerprint density at radius 2 is 1.52 bits per heavy atom. The van der Waals surface area contributed by atoms with Crippen LogP contribution in [0.3, 0.4) is 0 Å². The minimum Gasteiger partial charge on any atom is -0.504 e. The van der Waals surface area contributed by atoms with E-state index in [1.807, 2.05) is 19.9 Å². The molecule has 0 saturated heterocycles. The summed E-state index contributed by atoms with van der Waals surface area (Å²) < 4.78 is 0. The summed E-state index contributed by atoms with van der Waals surface area (Å²) in [6, 6.07) is 1.85. The molecule has 0 bridgehead atoms. The second-order valence-corrected chi connectivity index (χ2v) is 13.5. The van der Waals surface area contributed by atoms with Crippen LogP contribution in [0.1, 0.15) is 103 Å². The highest BCUT2D eigenvalue weighted by Gasteiger charge is 2.68. The van der Waals surface area contributed by atoms with Crippen LogP contribution < -0.4 is 0 Å². The van der Waals surface area contributed by atoms with Crippen molar-refractivity contribution in [3.8, 4) is 11.5 Å². The second-order valence-electron chi connectivity index (χ2n) is 13.5. The Bertz CT molecular complexity index is 1030. The largest absolute Gasteiger partial charge is 0.504 e. The molecule has 3 N–H and O–H groups in total. The fourth-order valence-corrected chi connectivity index (χ4v) is 9.59. The van der Waals surface area contributed by atoms with Crippen molar-refractivity contribution < 1.29 is 20.1 Å². The van der Waals surface area contributed by atoms with Gasteiger partial charge in [0.1, 0.15) is 0 Å². The molecule has 0 amide bonds. The average Bonchev–Trinajstić information content (AvgIpc) is 2.75. The first-order valence-electron chi connectivity index (χ1n) is 13.0. The highest BCUT2D eigenvalue weighted by molar-refractivity contribution is 5.74. The van der Waals surface area contributed by atoms with E-state index in [9.17, 15) is 20.1 Å². The van der Waals surface area contributed by atoms with Gasteiger partial charge in [0, 0.05) is 0 Å². The third-order valence-corrected chi connectivity index (χ3v) is 12.2. The number of phenols is 2. The number of benzene rings is 1. The predicted molar refractivity (Wildman–Crippen MR) is 130 cm³/mol. The molecule has 0 radical (unpaired) electrons. The highest BCUT2D eigenvalue weighted by atomic mass is 16.4. The number of hydrogen-bond donors (Lipinski definition) is 3. The number of aliphatic carboxylic acids is 1. The van der Waals surface area contributed by atoms with Gasteiger partial charge in [-0.05, 0) is 128 Å². The molecule has 0 spiro atoms. The van der Waals surface area contributed by atoms with Crippen LogP contribution in [0.15, 0.2) is 6.07 Å². The first kappa shape index (κ1) is 23.1. The normalized spacial score (nSPS) is 46.5. The number of hydrogen-bond acceptors (Lipinski definition) is 3. The minimum absolute atomic E-state index is 0.00679. The molecule has 0 aliphatic heterocycles. The summed E-state index contributed by atoms with van der Waals surface area (Å²) in [7, 11) is 0. The lowest BCUT2D eigenvalue weighted by molar-refractivity contribution is -0.214. The van der Waals surface area contributed by atoms with E-state index in [1.165, 1.54) is 24.0 Å². The van der Waals surface area contributed by atoms with Crippen LogP contribution in [0.2, 0.25) is 0 Å². The van der Waals surface area contributed by atoms with E-state index >= 15 is 0 Å². The Hall–Kier alpha value is -1.71. The van der Waals surface area contributed by atoms with Gasteiger partial charge in [0.15, 0.2) is 11.5 Å². The molecular weight excluding hydrogens is 412 g/mol. The molecule has 2 unspecified atom stereocenters. The van der Waals surface area contributed by atoms with Crippen LogP contribution in [-0.4, -0.2) is 21.3 Å². The van der Waals surface area contributed by atoms with Crippen LogP contribution in [0.25, 0.3) is 0 Å². The molecule has 3 saturated carbocycles. The summed E-state index contributed by atoms with van der Waals surface area (Å²) in [5.41, 5.74) is 3.11. The van der Waals surface area contributed by atoms with E-state index in [-0.39, 0.29) is 33.2 Å². The molecule has 4 aliphatic rings. The van der Waals surface area contributed by atoms with Crippen LogP contribution in [0.5, 0.6) is 11.5 Å². The van der Waals surface area contributed by atoms with Gasteiger partial charge in [-0.2, -0.15) is 0 Å². The fourth-order valence-electron chi connectivity index (χ4n) is 9.59. The molecule has 4 nitrogen and oxygen atoms in total. The van der Waals surface area contributed by atoms with Crippen LogP contribution >= 0.6 is 0 Å². The zero-order valence-electron chi connectivity index (χ0n) is 21.3. The van der Waals surface area contributed by atoms with Gasteiger partial charge >= 0.3 is 5.97 Å². The summed E-state index contributed by atoms with van der Waals surface area (Å²) in [5, 5.41) is 31.0. The van der Waals surface area contributed by atoms with Crippen molar-refractivity contribution in [2.75, 3.05) is 0 Å². The first-order chi connectivity index (χ1) is 15.2. The molecule has 4 heteroatoms. The molecule has 33 heavy (non-hydrogen) atoms. The summed E-state index contributed by atoms with van der Waals surface area (Å²) in [6.07, 6.45) is 9.15. The number of rotatable bonds is 1. The van der Waals surface area contributed by atoms with Gasteiger partial charge in [0.2, 0.25) is 0 Å². The van der Waals surface area contributed by atoms with E-state index in [2.05, 4.69) is 27.7 Å². The molecule has 0 heterocycles. The van der Waals surface area contributed by atoms with Crippen LogP contribution in [0, 0.1) is 40.4 Å². The van der Waals surface area contributed by atoms with Crippen molar-refractivity contribution in [3.05, 3.63) is 22.8 Å². The quantitative estimate of drug-likeness (QED) is 0.411. The third-order valence-electron chi connectivity index (χ3n) is 12.2. The fraction of sp³-hybridized carbons (Fsp3) is 0.759. The molecule has 1 aromatic rings. The number of carboxylic acid groups (broad SMARTS) is 1. The van der Waals surface area contributed by atoms with Crippen molar-refractivity contribution in [2.45, 2.75) is 105 Å². The number of aromatic hydroxyl groups is 2. The summed E-state index contributed by atoms with van der Waals surface area (Å²) in [4.78, 5) is 12.3. The van der Waals surface area contributed by atoms with E-state index < -0.39 is 11.4 Å². The third kappa shape index (κ3) is 2.73. The van der Waals surface area contributed by atoms with Crippen molar-refractivity contribution in [1.29, 1.82) is 0 Å². The van der Waals surface area contributed by atoms with Crippen molar-refractivity contribution in [3.63, 3.8) is 0 Å². The molecule has 182 valence electrons. The maximum absolute atomic E-state index is 12.3. The van der Waals surface area contributed by atoms with E-state index in [4.69, 9.17) is 0 Å². The predicted octanol–water partition coefficient (Wildman–Crippen LogP) is 6.72. The number of carboxylic acids is 1. The highest BCUT2D eigenvalue weighted by Crippen LogP contribution is 2.75. The van der Waals surface area contributed by atoms with Gasteiger partial charge in [-0.15, -0.1) is 0 Å². The Morgan fingerprint density at radius 1 is 0.909 bits per heavy atom. The molecule has 4 aliphatic carbocycles. The minimum atomic E-state index is -0.626. The second kappa shape index (κ2) is 6.70. The standard InChI is InChI=1S/C29H42O4/c1-17-18-7-8-21-27(4,19(18)15-20(30)23(17)31)12-14-29(6)22-16-26(3,24(32)33)10-9-25(22,2)11-13-28(21,29)5/h15,21-22,30-31H,7-14,16H2,1-6H3,(H,32,33)/t21?,22?,25-,26-,27+,28-,29+/m1/s1. The first-order valence-corrected chi connectivity index (χ1v) is 13.0. The molecule has 0 aromatic heterocycles. The van der Waals surface area contributed by atoms with Crippen LogP contribution in [-0.2, 0) is 16.6 Å². The van der Waals surface area contributed by atoms with Crippen molar-refractivity contribution >= 4 is 5.97 Å². The Morgan fingerprint density at radius 3 is 2.18 bits per heavy atom. The maximum atomic E-state index is 12.3. The monoisotopic (exact) mass is 454 g/mol. The van der Waals surface area contributed by atoms with E-state index in [0.717, 1.165) is 50.5 Å². The Labute approximate surface area is 198 Å². The van der Waals surface area contributed by atoms with Gasteiger partial charge in [0.25, 0.3) is 0 Å². The number of phenolic OH excluding ortho intramolecular Hbond substituents is 2. The smallest absolute Gasteiger partial charge is 0.309 e. The van der Waals surface area contributed by atoms with Crippen molar-refractivity contribution in [1.82, 2.24) is 0 Å². The molecule has 5 rings (SSSR count). The summed E-state index contributed by atoms with van der Waals surface area (Å²) in [5.74, 6) is 0.318. The molecule has 1 aromatic carbocycles. The number of carbonyl (C=O) groups is 1. The van der Waals surface area contributed by atoms with Gasteiger partial charge in [-0.1, -0.05) is 27.7 Å². The van der Waals surface area contributed by atoms with E-state index in [0.29, 0.717) is 11.8 Å². The zero-order valence-corrected chi connectivity index (χ0v) is 21.3. The average molecular weight is 455 g/mol. The number of fused-ring (bicyclic) bond motifs is 7. The summed E-state index contributed by atoms with van der Waals surface area (Å²) >= 11 is 0. The van der Waals surface area contributed by atoms with E-state index in [1.54, 1.807) is 0 Å². The molecular formula is C29H42O4. The summed E-state index contributed by atoms with van der Waals surface area (Å²) in [6.45, 7) is 13.8. The van der Waals surface area contributed by atoms with Crippen LogP contribution in [0.4, 0.5) is 0 Å². The van der Waals surface area contributed by atoms with Gasteiger partial charge < -0.3 is 15.3 Å². The molecule has 3 fully saturated rings. The van der Waals surface area contributed by atoms with Gasteiger partial charge in [-0.25, -0.2) is 0 Å². The molecule has 7 atom stereocenters. The van der Waals surface area contributed by atoms with Crippen molar-refractivity contribution in [2.24, 2.45) is 33.5 Å². The Balaban J connectivity index is 1.61. The lowest BCUT2D eigenvalue weighted by Gasteiger charge is -2.72. The zero-order chi connectivity index (χ0) is 24.2. The topological polar surface area (TPSA) is 77.8 Å². The SMILES string of the molecule is Cc1c(O)c(O)cc2c1CCC1[C@@]2(C)CC[C@@]2(C)C3C[C@](C)(C(=O)O)CC[C@]3(C)CC[C@]12C. The Kier molecular flexibility index (Phi) is 4.68.